The molecule has 1 heterocycles. The second kappa shape index (κ2) is 5.80. The number of thiophene rings is 1. The van der Waals surface area contributed by atoms with Crippen LogP contribution in [0.4, 0.5) is 10.1 Å². The molecule has 0 aliphatic carbocycles. The van der Waals surface area contributed by atoms with Crippen molar-refractivity contribution in [1.29, 1.82) is 0 Å². The van der Waals surface area contributed by atoms with Crippen molar-refractivity contribution in [2.24, 2.45) is 5.73 Å². The van der Waals surface area contributed by atoms with E-state index < -0.39 is 15.8 Å². The standard InChI is InChI=1S/C12H12BrFN2O2S2/c1-7-6-19-10(5-15)12(7)20(17,18)16-11-8(13)3-2-4-9(11)14/h2-4,6,16H,5,15H2,1H3. The molecule has 4 nitrogen and oxygen atoms in total. The van der Waals surface area contributed by atoms with Crippen LogP contribution in [0.15, 0.2) is 32.9 Å². The van der Waals surface area contributed by atoms with Crippen LogP contribution in [0.1, 0.15) is 10.4 Å². The van der Waals surface area contributed by atoms with Crippen LogP contribution in [-0.4, -0.2) is 8.42 Å². The van der Waals surface area contributed by atoms with Gasteiger partial charge in [-0.05, 0) is 45.9 Å². The first-order valence-electron chi connectivity index (χ1n) is 5.60. The lowest BCUT2D eigenvalue weighted by Crippen LogP contribution is -2.17. The zero-order valence-electron chi connectivity index (χ0n) is 10.5. The van der Waals surface area contributed by atoms with E-state index in [0.29, 0.717) is 14.9 Å². The zero-order chi connectivity index (χ0) is 14.9. The maximum absolute atomic E-state index is 13.7. The maximum Gasteiger partial charge on any atom is 0.263 e. The molecule has 0 aliphatic heterocycles. The van der Waals surface area contributed by atoms with Crippen LogP contribution in [-0.2, 0) is 16.6 Å². The number of aryl methyl sites for hydroxylation is 1. The number of benzene rings is 1. The van der Waals surface area contributed by atoms with Crippen LogP contribution in [0.3, 0.4) is 0 Å². The average Bonchev–Trinajstić information content (AvgIpc) is 2.76. The van der Waals surface area contributed by atoms with Crippen LogP contribution in [0.25, 0.3) is 0 Å². The first-order valence-corrected chi connectivity index (χ1v) is 8.76. The number of rotatable bonds is 4. The summed E-state index contributed by atoms with van der Waals surface area (Å²) in [4.78, 5) is 0.669. The van der Waals surface area contributed by atoms with E-state index in [-0.39, 0.29) is 17.1 Å². The van der Waals surface area contributed by atoms with Crippen molar-refractivity contribution >= 4 is 43.0 Å². The Bertz CT molecular complexity index is 724. The second-order valence-electron chi connectivity index (χ2n) is 4.08. The lowest BCUT2D eigenvalue weighted by molar-refractivity contribution is 0.597. The molecule has 0 spiro atoms. The summed E-state index contributed by atoms with van der Waals surface area (Å²) in [5.41, 5.74) is 6.03. The highest BCUT2D eigenvalue weighted by atomic mass is 79.9. The normalized spacial score (nSPS) is 11.6. The fraction of sp³-hybridized carbons (Fsp3) is 0.167. The molecular formula is C12H12BrFN2O2S2. The molecule has 8 heteroatoms. The number of halogens is 2. The maximum atomic E-state index is 13.7. The summed E-state index contributed by atoms with van der Waals surface area (Å²) in [6.07, 6.45) is 0. The van der Waals surface area contributed by atoms with Gasteiger partial charge in [0.1, 0.15) is 10.7 Å². The Morgan fingerprint density at radius 3 is 2.75 bits per heavy atom. The van der Waals surface area contributed by atoms with Gasteiger partial charge in [-0.25, -0.2) is 12.8 Å². The minimum absolute atomic E-state index is 0.110. The van der Waals surface area contributed by atoms with Gasteiger partial charge in [0, 0.05) is 15.9 Å². The monoisotopic (exact) mass is 378 g/mol. The Balaban J connectivity index is 2.49. The van der Waals surface area contributed by atoms with Gasteiger partial charge in [0.05, 0.1) is 5.69 Å². The summed E-state index contributed by atoms with van der Waals surface area (Å²) >= 11 is 4.40. The molecule has 0 saturated heterocycles. The van der Waals surface area contributed by atoms with E-state index in [1.165, 1.54) is 23.5 Å². The summed E-state index contributed by atoms with van der Waals surface area (Å²) in [5, 5.41) is 1.72. The van der Waals surface area contributed by atoms with Gasteiger partial charge < -0.3 is 5.73 Å². The van der Waals surface area contributed by atoms with Gasteiger partial charge in [-0.15, -0.1) is 11.3 Å². The third-order valence-electron chi connectivity index (χ3n) is 2.64. The van der Waals surface area contributed by atoms with E-state index in [0.717, 1.165) is 0 Å². The number of nitrogens with two attached hydrogens (primary N) is 1. The van der Waals surface area contributed by atoms with Crippen LogP contribution < -0.4 is 10.5 Å². The van der Waals surface area contributed by atoms with Gasteiger partial charge in [-0.1, -0.05) is 6.07 Å². The molecule has 0 saturated carbocycles. The van der Waals surface area contributed by atoms with Crippen molar-refractivity contribution in [3.05, 3.63) is 44.3 Å². The lowest BCUT2D eigenvalue weighted by Gasteiger charge is -2.11. The molecule has 0 amide bonds. The topological polar surface area (TPSA) is 72.2 Å². The molecule has 3 N–H and O–H groups in total. The molecule has 0 unspecified atom stereocenters. The van der Waals surface area contributed by atoms with Crippen LogP contribution in [0, 0.1) is 12.7 Å². The number of sulfonamides is 1. The fourth-order valence-corrected chi connectivity index (χ4v) is 5.14. The Hall–Kier alpha value is -0.960. The molecule has 20 heavy (non-hydrogen) atoms. The van der Waals surface area contributed by atoms with Crippen LogP contribution >= 0.6 is 27.3 Å². The predicted octanol–water partition coefficient (Wildman–Crippen LogP) is 3.22. The van der Waals surface area contributed by atoms with Gasteiger partial charge >= 0.3 is 0 Å². The highest BCUT2D eigenvalue weighted by Crippen LogP contribution is 2.31. The van der Waals surface area contributed by atoms with Crippen LogP contribution in [0.5, 0.6) is 0 Å². The first-order chi connectivity index (χ1) is 9.36. The lowest BCUT2D eigenvalue weighted by atomic mass is 10.3. The van der Waals surface area contributed by atoms with E-state index in [1.807, 2.05) is 0 Å². The summed E-state index contributed by atoms with van der Waals surface area (Å²) in [5.74, 6) is -0.648. The third kappa shape index (κ3) is 2.88. The second-order valence-corrected chi connectivity index (χ2v) is 7.52. The number of nitrogens with one attached hydrogen (secondary N) is 1. The number of hydrogen-bond donors (Lipinski definition) is 2. The Kier molecular flexibility index (Phi) is 4.48. The smallest absolute Gasteiger partial charge is 0.263 e. The number of anilines is 1. The molecule has 1 aromatic carbocycles. The predicted molar refractivity (Wildman–Crippen MR) is 81.9 cm³/mol. The van der Waals surface area contributed by atoms with Gasteiger partial charge in [0.15, 0.2) is 0 Å². The SMILES string of the molecule is Cc1csc(CN)c1S(=O)(=O)Nc1c(F)cccc1Br. The minimum atomic E-state index is -3.88. The summed E-state index contributed by atoms with van der Waals surface area (Å²) in [6, 6.07) is 4.23. The molecule has 0 radical (unpaired) electrons. The van der Waals surface area contributed by atoms with Crippen molar-refractivity contribution in [3.8, 4) is 0 Å². The largest absolute Gasteiger partial charge is 0.326 e. The molecular weight excluding hydrogens is 367 g/mol. The zero-order valence-corrected chi connectivity index (χ0v) is 13.7. The van der Waals surface area contributed by atoms with Crippen molar-refractivity contribution in [3.63, 3.8) is 0 Å². The van der Waals surface area contributed by atoms with Crippen LogP contribution in [0.2, 0.25) is 0 Å². The van der Waals surface area contributed by atoms with E-state index in [2.05, 4.69) is 20.7 Å². The van der Waals surface area contributed by atoms with E-state index in [1.54, 1.807) is 18.4 Å². The molecule has 0 atom stereocenters. The average molecular weight is 379 g/mol. The molecule has 108 valence electrons. The first kappa shape index (κ1) is 15.4. The molecule has 2 aromatic rings. The van der Waals surface area contributed by atoms with Crippen molar-refractivity contribution in [2.75, 3.05) is 4.72 Å². The van der Waals surface area contributed by atoms with Gasteiger partial charge in [0.25, 0.3) is 10.0 Å². The quantitative estimate of drug-likeness (QED) is 0.857. The van der Waals surface area contributed by atoms with Gasteiger partial charge in [-0.3, -0.25) is 4.72 Å². The summed E-state index contributed by atoms with van der Waals surface area (Å²) in [6.45, 7) is 1.80. The fourth-order valence-electron chi connectivity index (χ4n) is 1.77. The van der Waals surface area contributed by atoms with E-state index in [9.17, 15) is 12.8 Å². The third-order valence-corrected chi connectivity index (χ3v) is 6.14. The molecule has 1 aromatic heterocycles. The molecule has 0 bridgehead atoms. The number of para-hydroxylation sites is 1. The number of hydrogen-bond acceptors (Lipinski definition) is 4. The molecule has 2 rings (SSSR count). The highest BCUT2D eigenvalue weighted by Gasteiger charge is 2.24. The van der Waals surface area contributed by atoms with Crippen molar-refractivity contribution < 1.29 is 12.8 Å². The van der Waals surface area contributed by atoms with Crippen molar-refractivity contribution in [1.82, 2.24) is 0 Å². The Morgan fingerprint density at radius 2 is 2.15 bits per heavy atom. The Labute approximate surface area is 129 Å². The van der Waals surface area contributed by atoms with E-state index >= 15 is 0 Å². The highest BCUT2D eigenvalue weighted by molar-refractivity contribution is 9.10. The van der Waals surface area contributed by atoms with Crippen molar-refractivity contribution in [2.45, 2.75) is 18.4 Å². The Morgan fingerprint density at radius 1 is 1.45 bits per heavy atom. The molecule has 0 fully saturated rings. The van der Waals surface area contributed by atoms with Gasteiger partial charge in [-0.2, -0.15) is 0 Å². The van der Waals surface area contributed by atoms with Gasteiger partial charge in [0.2, 0.25) is 0 Å². The van der Waals surface area contributed by atoms with E-state index in [4.69, 9.17) is 5.73 Å². The summed E-state index contributed by atoms with van der Waals surface area (Å²) < 4.78 is 41.2. The molecule has 0 aliphatic rings. The summed E-state index contributed by atoms with van der Waals surface area (Å²) in [7, 11) is -3.88. The minimum Gasteiger partial charge on any atom is -0.326 e.